The lowest BCUT2D eigenvalue weighted by atomic mass is 10.1. The summed E-state index contributed by atoms with van der Waals surface area (Å²) in [6.45, 7) is 2.04. The Balaban J connectivity index is 1.83. The number of nitrogens with two attached hydrogens (primary N) is 1. The quantitative estimate of drug-likeness (QED) is 0.703. The number of anilines is 1. The van der Waals surface area contributed by atoms with E-state index < -0.39 is 0 Å². The highest BCUT2D eigenvalue weighted by molar-refractivity contribution is 5.83. The van der Waals surface area contributed by atoms with Crippen molar-refractivity contribution in [2.45, 2.75) is 13.0 Å². The summed E-state index contributed by atoms with van der Waals surface area (Å²) in [6.07, 6.45) is -0.00300. The first kappa shape index (κ1) is 12.5. The molecule has 2 heteroatoms. The van der Waals surface area contributed by atoms with Gasteiger partial charge in [0.25, 0.3) is 0 Å². The zero-order chi connectivity index (χ0) is 13.9. The average molecular weight is 263 g/mol. The predicted octanol–water partition coefficient (Wildman–Crippen LogP) is 4.56. The summed E-state index contributed by atoms with van der Waals surface area (Å²) >= 11 is 0. The average Bonchev–Trinajstić information content (AvgIpc) is 2.48. The SMILES string of the molecule is CC(Oc1ccc2ccccc2c1)c1ccc(N)cc1. The summed E-state index contributed by atoms with van der Waals surface area (Å²) < 4.78 is 6.01. The topological polar surface area (TPSA) is 35.2 Å². The van der Waals surface area contributed by atoms with E-state index in [9.17, 15) is 0 Å². The first-order valence-electron chi connectivity index (χ1n) is 6.73. The maximum Gasteiger partial charge on any atom is 0.121 e. The van der Waals surface area contributed by atoms with Crippen LogP contribution in [0.25, 0.3) is 10.8 Å². The molecule has 0 saturated carbocycles. The van der Waals surface area contributed by atoms with E-state index in [2.05, 4.69) is 24.3 Å². The summed E-state index contributed by atoms with van der Waals surface area (Å²) in [6, 6.07) is 22.2. The largest absolute Gasteiger partial charge is 0.486 e. The number of hydrogen-bond donors (Lipinski definition) is 1. The zero-order valence-electron chi connectivity index (χ0n) is 11.4. The van der Waals surface area contributed by atoms with Gasteiger partial charge >= 0.3 is 0 Å². The highest BCUT2D eigenvalue weighted by Crippen LogP contribution is 2.25. The molecule has 0 bridgehead atoms. The second kappa shape index (κ2) is 5.25. The fourth-order valence-corrected chi connectivity index (χ4v) is 2.28. The molecule has 3 aromatic rings. The van der Waals surface area contributed by atoms with Gasteiger partial charge < -0.3 is 10.5 Å². The fourth-order valence-electron chi connectivity index (χ4n) is 2.28. The number of ether oxygens (including phenoxy) is 1. The van der Waals surface area contributed by atoms with E-state index in [4.69, 9.17) is 10.5 Å². The highest BCUT2D eigenvalue weighted by atomic mass is 16.5. The minimum atomic E-state index is -0.00300. The van der Waals surface area contributed by atoms with Crippen molar-refractivity contribution in [3.8, 4) is 5.75 Å². The molecule has 1 atom stereocenters. The Bertz CT molecular complexity index is 719. The Hall–Kier alpha value is -2.48. The summed E-state index contributed by atoms with van der Waals surface area (Å²) in [5.74, 6) is 0.882. The lowest BCUT2D eigenvalue weighted by molar-refractivity contribution is 0.227. The van der Waals surface area contributed by atoms with Crippen molar-refractivity contribution in [2.75, 3.05) is 5.73 Å². The lowest BCUT2D eigenvalue weighted by Gasteiger charge is -2.15. The van der Waals surface area contributed by atoms with Crippen LogP contribution < -0.4 is 10.5 Å². The fraction of sp³-hybridized carbons (Fsp3) is 0.111. The van der Waals surface area contributed by atoms with Crippen LogP contribution in [0.4, 0.5) is 5.69 Å². The Morgan fingerprint density at radius 1 is 0.850 bits per heavy atom. The Kier molecular flexibility index (Phi) is 3.30. The normalized spacial score (nSPS) is 12.2. The first-order chi connectivity index (χ1) is 9.72. The van der Waals surface area contributed by atoms with Gasteiger partial charge in [-0.1, -0.05) is 42.5 Å². The van der Waals surface area contributed by atoms with Crippen molar-refractivity contribution in [1.82, 2.24) is 0 Å². The molecule has 2 nitrogen and oxygen atoms in total. The van der Waals surface area contributed by atoms with Crippen LogP contribution in [-0.2, 0) is 0 Å². The van der Waals surface area contributed by atoms with Gasteiger partial charge in [-0.15, -0.1) is 0 Å². The molecule has 0 aliphatic heterocycles. The van der Waals surface area contributed by atoms with Crippen molar-refractivity contribution in [3.63, 3.8) is 0 Å². The van der Waals surface area contributed by atoms with Gasteiger partial charge in [0, 0.05) is 5.69 Å². The van der Waals surface area contributed by atoms with Crippen LogP contribution in [0, 0.1) is 0 Å². The number of benzene rings is 3. The number of hydrogen-bond acceptors (Lipinski definition) is 2. The molecule has 0 aliphatic carbocycles. The minimum Gasteiger partial charge on any atom is -0.486 e. The van der Waals surface area contributed by atoms with Gasteiger partial charge in [0.15, 0.2) is 0 Å². The number of rotatable bonds is 3. The molecule has 3 rings (SSSR count). The van der Waals surface area contributed by atoms with E-state index in [1.54, 1.807) is 0 Å². The van der Waals surface area contributed by atoms with Gasteiger partial charge in [-0.25, -0.2) is 0 Å². The summed E-state index contributed by atoms with van der Waals surface area (Å²) in [5.41, 5.74) is 7.59. The maximum absolute atomic E-state index is 6.01. The van der Waals surface area contributed by atoms with Crippen LogP contribution in [0.3, 0.4) is 0 Å². The molecule has 20 heavy (non-hydrogen) atoms. The molecule has 3 aromatic carbocycles. The second-order valence-electron chi connectivity index (χ2n) is 4.94. The molecular formula is C18H17NO. The molecule has 100 valence electrons. The van der Waals surface area contributed by atoms with Crippen LogP contribution in [0.1, 0.15) is 18.6 Å². The van der Waals surface area contributed by atoms with Gasteiger partial charge in [0.05, 0.1) is 0 Å². The van der Waals surface area contributed by atoms with Crippen LogP contribution in [0.15, 0.2) is 66.7 Å². The lowest BCUT2D eigenvalue weighted by Crippen LogP contribution is -2.03. The van der Waals surface area contributed by atoms with Gasteiger partial charge in [-0.3, -0.25) is 0 Å². The zero-order valence-corrected chi connectivity index (χ0v) is 11.4. The molecule has 0 radical (unpaired) electrons. The summed E-state index contributed by atoms with van der Waals surface area (Å²) in [7, 11) is 0. The van der Waals surface area contributed by atoms with Crippen LogP contribution in [-0.4, -0.2) is 0 Å². The molecule has 0 saturated heterocycles. The minimum absolute atomic E-state index is 0.00300. The third-order valence-corrected chi connectivity index (χ3v) is 3.44. The predicted molar refractivity (Wildman–Crippen MR) is 83.8 cm³/mol. The van der Waals surface area contributed by atoms with Crippen molar-refractivity contribution >= 4 is 16.5 Å². The Morgan fingerprint density at radius 2 is 1.55 bits per heavy atom. The van der Waals surface area contributed by atoms with Crippen molar-refractivity contribution < 1.29 is 4.74 Å². The van der Waals surface area contributed by atoms with Crippen LogP contribution in [0.2, 0.25) is 0 Å². The van der Waals surface area contributed by atoms with Crippen molar-refractivity contribution in [3.05, 3.63) is 72.3 Å². The summed E-state index contributed by atoms with van der Waals surface area (Å²) in [4.78, 5) is 0. The molecule has 0 aliphatic rings. The number of fused-ring (bicyclic) bond motifs is 1. The van der Waals surface area contributed by atoms with Gasteiger partial charge in [0.2, 0.25) is 0 Å². The van der Waals surface area contributed by atoms with E-state index in [0.29, 0.717) is 0 Å². The van der Waals surface area contributed by atoms with E-state index >= 15 is 0 Å². The third kappa shape index (κ3) is 2.59. The van der Waals surface area contributed by atoms with Crippen LogP contribution >= 0.6 is 0 Å². The molecule has 0 aromatic heterocycles. The molecule has 0 spiro atoms. The van der Waals surface area contributed by atoms with E-state index in [1.807, 2.05) is 49.4 Å². The van der Waals surface area contributed by atoms with E-state index in [0.717, 1.165) is 17.0 Å². The molecular weight excluding hydrogens is 246 g/mol. The van der Waals surface area contributed by atoms with Crippen molar-refractivity contribution in [1.29, 1.82) is 0 Å². The number of nitrogen functional groups attached to an aromatic ring is 1. The molecule has 0 heterocycles. The molecule has 0 amide bonds. The highest BCUT2D eigenvalue weighted by Gasteiger charge is 2.07. The monoisotopic (exact) mass is 263 g/mol. The Labute approximate surface area is 118 Å². The van der Waals surface area contributed by atoms with Gasteiger partial charge in [-0.05, 0) is 47.5 Å². The maximum atomic E-state index is 6.01. The van der Waals surface area contributed by atoms with Gasteiger partial charge in [0.1, 0.15) is 11.9 Å². The van der Waals surface area contributed by atoms with Crippen LogP contribution in [0.5, 0.6) is 5.75 Å². The molecule has 0 fully saturated rings. The smallest absolute Gasteiger partial charge is 0.121 e. The standard InChI is InChI=1S/C18H17NO/c1-13(14-6-9-17(19)10-7-14)20-18-11-8-15-4-2-3-5-16(15)12-18/h2-13H,19H2,1H3. The van der Waals surface area contributed by atoms with E-state index in [1.165, 1.54) is 10.8 Å². The summed E-state index contributed by atoms with van der Waals surface area (Å²) in [5, 5.41) is 2.41. The van der Waals surface area contributed by atoms with Gasteiger partial charge in [-0.2, -0.15) is 0 Å². The molecule has 2 N–H and O–H groups in total. The third-order valence-electron chi connectivity index (χ3n) is 3.44. The van der Waals surface area contributed by atoms with E-state index in [-0.39, 0.29) is 6.10 Å². The Morgan fingerprint density at radius 3 is 2.30 bits per heavy atom. The first-order valence-corrected chi connectivity index (χ1v) is 6.73. The second-order valence-corrected chi connectivity index (χ2v) is 4.94. The van der Waals surface area contributed by atoms with Crippen molar-refractivity contribution in [2.24, 2.45) is 0 Å². The molecule has 1 unspecified atom stereocenters.